The maximum atomic E-state index is 12.3. The predicted molar refractivity (Wildman–Crippen MR) is 114 cm³/mol. The Bertz CT molecular complexity index is 1000. The average molecular weight is 401 g/mol. The second kappa shape index (κ2) is 8.82. The van der Waals surface area contributed by atoms with E-state index in [0.29, 0.717) is 0 Å². The minimum atomic E-state index is -0.802. The molecule has 5 heteroatoms. The van der Waals surface area contributed by atoms with Crippen LogP contribution in [-0.2, 0) is 20.9 Å². The fraction of sp³-hybridized carbons (Fsp3) is 0.200. The highest BCUT2D eigenvalue weighted by Crippen LogP contribution is 2.44. The SMILES string of the molecule is CC(NC(=O)OCC1c2ccccc2-c2ccccc21)C(=O)OCc1ccccc1. The molecule has 0 bridgehead atoms. The smallest absolute Gasteiger partial charge is 0.407 e. The number of amides is 1. The third kappa shape index (κ3) is 4.20. The minimum absolute atomic E-state index is 0.0245. The van der Waals surface area contributed by atoms with E-state index in [9.17, 15) is 9.59 Å². The van der Waals surface area contributed by atoms with Gasteiger partial charge in [0.1, 0.15) is 19.3 Å². The Morgan fingerprint density at radius 1 is 0.833 bits per heavy atom. The lowest BCUT2D eigenvalue weighted by Crippen LogP contribution is -2.40. The molecule has 4 rings (SSSR count). The molecule has 1 unspecified atom stereocenters. The molecule has 0 radical (unpaired) electrons. The first-order valence-corrected chi connectivity index (χ1v) is 9.95. The van der Waals surface area contributed by atoms with E-state index in [-0.39, 0.29) is 19.1 Å². The Labute approximate surface area is 175 Å². The summed E-state index contributed by atoms with van der Waals surface area (Å²) < 4.78 is 10.7. The zero-order chi connectivity index (χ0) is 20.9. The monoisotopic (exact) mass is 401 g/mol. The zero-order valence-corrected chi connectivity index (χ0v) is 16.7. The van der Waals surface area contributed by atoms with Crippen LogP contribution in [0.5, 0.6) is 0 Å². The highest BCUT2D eigenvalue weighted by molar-refractivity contribution is 5.81. The fourth-order valence-electron chi connectivity index (χ4n) is 3.73. The molecule has 30 heavy (non-hydrogen) atoms. The third-order valence-corrected chi connectivity index (χ3v) is 5.26. The molecule has 0 saturated carbocycles. The Balaban J connectivity index is 1.32. The summed E-state index contributed by atoms with van der Waals surface area (Å²) in [6.45, 7) is 1.94. The van der Waals surface area contributed by atoms with Gasteiger partial charge in [-0.3, -0.25) is 0 Å². The van der Waals surface area contributed by atoms with E-state index < -0.39 is 18.1 Å². The van der Waals surface area contributed by atoms with Gasteiger partial charge in [0.25, 0.3) is 0 Å². The topological polar surface area (TPSA) is 64.6 Å². The number of rotatable bonds is 6. The lowest BCUT2D eigenvalue weighted by Gasteiger charge is -2.17. The van der Waals surface area contributed by atoms with Crippen molar-refractivity contribution in [2.75, 3.05) is 6.61 Å². The molecule has 0 aliphatic heterocycles. The maximum Gasteiger partial charge on any atom is 0.407 e. The summed E-state index contributed by atoms with van der Waals surface area (Å²) >= 11 is 0. The van der Waals surface area contributed by atoms with Crippen LogP contribution in [0.3, 0.4) is 0 Å². The van der Waals surface area contributed by atoms with E-state index >= 15 is 0 Å². The molecule has 0 fully saturated rings. The molecule has 1 atom stereocenters. The first-order chi connectivity index (χ1) is 14.6. The Hall–Kier alpha value is -3.60. The second-order valence-corrected chi connectivity index (χ2v) is 7.28. The predicted octanol–water partition coefficient (Wildman–Crippen LogP) is 4.66. The van der Waals surface area contributed by atoms with Gasteiger partial charge in [0.2, 0.25) is 0 Å². The molecular weight excluding hydrogens is 378 g/mol. The summed E-state index contributed by atoms with van der Waals surface area (Å²) in [6.07, 6.45) is -0.638. The first-order valence-electron chi connectivity index (χ1n) is 9.95. The van der Waals surface area contributed by atoms with Gasteiger partial charge in [-0.1, -0.05) is 78.9 Å². The second-order valence-electron chi connectivity index (χ2n) is 7.28. The molecule has 5 nitrogen and oxygen atoms in total. The van der Waals surface area contributed by atoms with Gasteiger partial charge in [0.05, 0.1) is 0 Å². The van der Waals surface area contributed by atoms with Crippen LogP contribution in [0, 0.1) is 0 Å². The van der Waals surface area contributed by atoms with E-state index in [0.717, 1.165) is 16.7 Å². The molecule has 0 heterocycles. The third-order valence-electron chi connectivity index (χ3n) is 5.26. The van der Waals surface area contributed by atoms with Crippen molar-refractivity contribution in [3.05, 3.63) is 95.6 Å². The van der Waals surface area contributed by atoms with Crippen LogP contribution in [0.2, 0.25) is 0 Å². The summed E-state index contributed by atoms with van der Waals surface area (Å²) in [5, 5.41) is 2.55. The number of hydrogen-bond donors (Lipinski definition) is 1. The van der Waals surface area contributed by atoms with E-state index in [1.54, 1.807) is 6.92 Å². The van der Waals surface area contributed by atoms with Gasteiger partial charge in [-0.05, 0) is 34.7 Å². The van der Waals surface area contributed by atoms with Crippen molar-refractivity contribution >= 4 is 12.1 Å². The van der Waals surface area contributed by atoms with E-state index in [2.05, 4.69) is 29.6 Å². The van der Waals surface area contributed by atoms with Gasteiger partial charge in [-0.2, -0.15) is 0 Å². The largest absolute Gasteiger partial charge is 0.459 e. The number of nitrogens with one attached hydrogen (secondary N) is 1. The number of ether oxygens (including phenoxy) is 2. The summed E-state index contributed by atoms with van der Waals surface area (Å²) in [4.78, 5) is 24.4. The molecule has 0 spiro atoms. The van der Waals surface area contributed by atoms with Crippen LogP contribution in [0.1, 0.15) is 29.5 Å². The van der Waals surface area contributed by atoms with Crippen molar-refractivity contribution in [3.63, 3.8) is 0 Å². The van der Waals surface area contributed by atoms with E-state index in [1.807, 2.05) is 54.6 Å². The van der Waals surface area contributed by atoms with Crippen molar-refractivity contribution in [2.45, 2.75) is 25.5 Å². The van der Waals surface area contributed by atoms with Crippen molar-refractivity contribution < 1.29 is 19.1 Å². The molecule has 1 aliphatic carbocycles. The van der Waals surface area contributed by atoms with Crippen LogP contribution in [0.4, 0.5) is 4.79 Å². The number of benzene rings is 3. The molecule has 1 amide bonds. The highest BCUT2D eigenvalue weighted by Gasteiger charge is 2.29. The lowest BCUT2D eigenvalue weighted by molar-refractivity contribution is -0.146. The first kappa shape index (κ1) is 19.7. The Morgan fingerprint density at radius 3 is 2.03 bits per heavy atom. The van der Waals surface area contributed by atoms with Gasteiger partial charge in [-0.25, -0.2) is 9.59 Å². The summed E-state index contributed by atoms with van der Waals surface area (Å²) in [5.41, 5.74) is 5.50. The van der Waals surface area contributed by atoms with Gasteiger partial charge >= 0.3 is 12.1 Å². The molecule has 1 N–H and O–H groups in total. The number of alkyl carbamates (subject to hydrolysis) is 1. The van der Waals surface area contributed by atoms with E-state index in [1.165, 1.54) is 11.1 Å². The van der Waals surface area contributed by atoms with E-state index in [4.69, 9.17) is 9.47 Å². The van der Waals surface area contributed by atoms with Gasteiger partial charge in [0, 0.05) is 5.92 Å². The fourth-order valence-corrected chi connectivity index (χ4v) is 3.73. The van der Waals surface area contributed by atoms with Crippen molar-refractivity contribution in [3.8, 4) is 11.1 Å². The Morgan fingerprint density at radius 2 is 1.40 bits per heavy atom. The Kier molecular flexibility index (Phi) is 5.80. The molecular formula is C25H23NO4. The number of carbonyl (C=O) groups excluding carboxylic acids is 2. The molecule has 3 aromatic rings. The quantitative estimate of drug-likeness (QED) is 0.611. The maximum absolute atomic E-state index is 12.3. The van der Waals surface area contributed by atoms with Crippen LogP contribution in [0.15, 0.2) is 78.9 Å². The number of hydrogen-bond acceptors (Lipinski definition) is 4. The summed E-state index contributed by atoms with van der Waals surface area (Å²) in [5.74, 6) is -0.532. The minimum Gasteiger partial charge on any atom is -0.459 e. The van der Waals surface area contributed by atoms with Crippen molar-refractivity contribution in [1.82, 2.24) is 5.32 Å². The average Bonchev–Trinajstić information content (AvgIpc) is 3.10. The molecule has 3 aromatic carbocycles. The highest BCUT2D eigenvalue weighted by atomic mass is 16.6. The van der Waals surface area contributed by atoms with Crippen LogP contribution in [-0.4, -0.2) is 24.7 Å². The van der Waals surface area contributed by atoms with Crippen LogP contribution < -0.4 is 5.32 Å². The summed E-state index contributed by atoms with van der Waals surface area (Å²) in [6, 6.07) is 24.9. The lowest BCUT2D eigenvalue weighted by atomic mass is 9.98. The van der Waals surface area contributed by atoms with Gasteiger partial charge in [-0.15, -0.1) is 0 Å². The normalized spacial score (nSPS) is 13.1. The number of carbonyl (C=O) groups is 2. The van der Waals surface area contributed by atoms with Crippen LogP contribution >= 0.6 is 0 Å². The standard InChI is InChI=1S/C25H23NO4/c1-17(24(27)29-15-18-9-3-2-4-10-18)26-25(28)30-16-23-21-13-7-5-11-19(21)20-12-6-8-14-22(20)23/h2-14,17,23H,15-16H2,1H3,(H,26,28). The van der Waals surface area contributed by atoms with Gasteiger partial charge in [0.15, 0.2) is 0 Å². The van der Waals surface area contributed by atoms with Crippen LogP contribution in [0.25, 0.3) is 11.1 Å². The molecule has 0 saturated heterocycles. The number of esters is 1. The number of fused-ring (bicyclic) bond motifs is 3. The molecule has 0 aromatic heterocycles. The molecule has 1 aliphatic rings. The van der Waals surface area contributed by atoms with Crippen molar-refractivity contribution in [2.24, 2.45) is 0 Å². The zero-order valence-electron chi connectivity index (χ0n) is 16.7. The van der Waals surface area contributed by atoms with Crippen molar-refractivity contribution in [1.29, 1.82) is 0 Å². The summed E-state index contributed by atoms with van der Waals surface area (Å²) in [7, 11) is 0. The van der Waals surface area contributed by atoms with Gasteiger partial charge < -0.3 is 14.8 Å². The molecule has 152 valence electrons.